The topological polar surface area (TPSA) is 8.17 Å². The Bertz CT molecular complexity index is 640. The van der Waals surface area contributed by atoms with Crippen molar-refractivity contribution >= 4 is 15.9 Å². The Morgan fingerprint density at radius 3 is 2.52 bits per heavy atom. The summed E-state index contributed by atoms with van der Waals surface area (Å²) in [7, 11) is 4.32. The Kier molecular flexibility index (Phi) is 5.60. The molecule has 0 spiro atoms. The number of aromatic nitrogens is 1. The average Bonchev–Trinajstić information content (AvgIpc) is 2.71. The zero-order valence-corrected chi connectivity index (χ0v) is 15.9. The molecule has 0 saturated carbocycles. The molecule has 23 heavy (non-hydrogen) atoms. The first-order chi connectivity index (χ1) is 11.1. The summed E-state index contributed by atoms with van der Waals surface area (Å²) in [6, 6.07) is 11.2. The Balaban J connectivity index is 1.94. The molecular formula is C20H27BrN2. The van der Waals surface area contributed by atoms with E-state index in [-0.39, 0.29) is 0 Å². The van der Waals surface area contributed by atoms with Crippen LogP contribution in [0.15, 0.2) is 34.8 Å². The van der Waals surface area contributed by atoms with E-state index in [9.17, 15) is 0 Å². The van der Waals surface area contributed by atoms with Gasteiger partial charge in [-0.3, -0.25) is 0 Å². The van der Waals surface area contributed by atoms with Gasteiger partial charge in [0, 0.05) is 22.4 Å². The van der Waals surface area contributed by atoms with Crippen LogP contribution in [0.2, 0.25) is 0 Å². The normalized spacial score (nSPS) is 14.8. The van der Waals surface area contributed by atoms with Crippen LogP contribution in [-0.2, 0) is 19.4 Å². The smallest absolute Gasteiger partial charge is 0.0485 e. The first-order valence-electron chi connectivity index (χ1n) is 8.77. The summed E-state index contributed by atoms with van der Waals surface area (Å²) in [5.41, 5.74) is 5.93. The Labute approximate surface area is 148 Å². The van der Waals surface area contributed by atoms with Gasteiger partial charge in [0.05, 0.1) is 0 Å². The fraction of sp³-hybridized carbons (Fsp3) is 0.500. The molecule has 0 saturated heterocycles. The molecule has 1 aliphatic rings. The molecule has 0 fully saturated rings. The minimum atomic E-state index is 1.12. The van der Waals surface area contributed by atoms with Crippen LogP contribution >= 0.6 is 15.9 Å². The number of nitrogens with zero attached hydrogens (tertiary/aromatic N) is 2. The van der Waals surface area contributed by atoms with Crippen molar-refractivity contribution in [2.45, 2.75) is 45.1 Å². The van der Waals surface area contributed by atoms with E-state index in [4.69, 9.17) is 0 Å². The van der Waals surface area contributed by atoms with Crippen molar-refractivity contribution in [2.24, 2.45) is 0 Å². The molecule has 3 rings (SSSR count). The van der Waals surface area contributed by atoms with Crippen LogP contribution < -0.4 is 0 Å². The van der Waals surface area contributed by atoms with Gasteiger partial charge >= 0.3 is 0 Å². The van der Waals surface area contributed by atoms with Crippen LogP contribution in [0.1, 0.15) is 36.9 Å². The van der Waals surface area contributed by atoms with E-state index in [1.54, 1.807) is 11.3 Å². The number of hydrogen-bond donors (Lipinski definition) is 0. The van der Waals surface area contributed by atoms with Crippen LogP contribution in [0.5, 0.6) is 0 Å². The molecule has 0 bridgehead atoms. The second-order valence-corrected chi connectivity index (χ2v) is 7.79. The number of rotatable bonds is 5. The van der Waals surface area contributed by atoms with E-state index < -0.39 is 0 Å². The monoisotopic (exact) mass is 374 g/mol. The van der Waals surface area contributed by atoms with Gasteiger partial charge in [-0.2, -0.15) is 0 Å². The van der Waals surface area contributed by atoms with Crippen molar-refractivity contribution in [1.82, 2.24) is 9.47 Å². The largest absolute Gasteiger partial charge is 0.344 e. The molecule has 1 aliphatic carbocycles. The molecule has 0 aliphatic heterocycles. The maximum atomic E-state index is 3.55. The van der Waals surface area contributed by atoms with Gasteiger partial charge in [0.2, 0.25) is 0 Å². The average molecular weight is 375 g/mol. The van der Waals surface area contributed by atoms with E-state index in [0.29, 0.717) is 0 Å². The van der Waals surface area contributed by atoms with Gasteiger partial charge in [-0.05, 0) is 82.1 Å². The highest BCUT2D eigenvalue weighted by atomic mass is 79.9. The summed E-state index contributed by atoms with van der Waals surface area (Å²) in [5, 5.41) is 0. The summed E-state index contributed by atoms with van der Waals surface area (Å²) in [6.07, 6.45) is 7.75. The molecule has 1 heterocycles. The quantitative estimate of drug-likeness (QED) is 0.657. The summed E-state index contributed by atoms with van der Waals surface area (Å²) in [5.74, 6) is 0. The van der Waals surface area contributed by atoms with Gasteiger partial charge in [0.15, 0.2) is 0 Å². The first kappa shape index (κ1) is 16.8. The van der Waals surface area contributed by atoms with Gasteiger partial charge in [-0.25, -0.2) is 0 Å². The lowest BCUT2D eigenvalue weighted by Crippen LogP contribution is -2.16. The maximum Gasteiger partial charge on any atom is 0.0485 e. The van der Waals surface area contributed by atoms with Gasteiger partial charge in [-0.1, -0.05) is 34.5 Å². The van der Waals surface area contributed by atoms with Crippen LogP contribution in [0.3, 0.4) is 0 Å². The molecule has 3 heteroatoms. The van der Waals surface area contributed by atoms with Gasteiger partial charge in [0.1, 0.15) is 0 Å². The van der Waals surface area contributed by atoms with E-state index in [1.807, 2.05) is 0 Å². The maximum absolute atomic E-state index is 3.55. The van der Waals surface area contributed by atoms with Crippen molar-refractivity contribution in [1.29, 1.82) is 0 Å². The van der Waals surface area contributed by atoms with Crippen molar-refractivity contribution in [3.8, 4) is 11.3 Å². The zero-order valence-electron chi connectivity index (χ0n) is 14.3. The Morgan fingerprint density at radius 2 is 1.78 bits per heavy atom. The minimum absolute atomic E-state index is 1.12. The molecule has 1 aromatic carbocycles. The molecule has 0 amide bonds. The van der Waals surface area contributed by atoms with Crippen LogP contribution in [-0.4, -0.2) is 30.1 Å². The highest BCUT2D eigenvalue weighted by molar-refractivity contribution is 9.10. The van der Waals surface area contributed by atoms with Crippen LogP contribution in [0.4, 0.5) is 0 Å². The van der Waals surface area contributed by atoms with Crippen LogP contribution in [0, 0.1) is 0 Å². The molecule has 1 aromatic heterocycles. The highest BCUT2D eigenvalue weighted by Crippen LogP contribution is 2.31. The first-order valence-corrected chi connectivity index (χ1v) is 9.56. The fourth-order valence-electron chi connectivity index (χ4n) is 3.60. The lowest BCUT2D eigenvalue weighted by molar-refractivity contribution is 0.385. The third kappa shape index (κ3) is 4.07. The lowest BCUT2D eigenvalue weighted by Gasteiger charge is -2.16. The summed E-state index contributed by atoms with van der Waals surface area (Å²) < 4.78 is 3.75. The van der Waals surface area contributed by atoms with Crippen molar-refractivity contribution in [3.63, 3.8) is 0 Å². The second-order valence-electron chi connectivity index (χ2n) is 6.88. The van der Waals surface area contributed by atoms with Crippen molar-refractivity contribution in [3.05, 3.63) is 46.1 Å². The number of benzene rings is 1. The number of fused-ring (bicyclic) bond motifs is 1. The summed E-state index contributed by atoms with van der Waals surface area (Å²) in [6.45, 7) is 2.27. The summed E-state index contributed by atoms with van der Waals surface area (Å²) >= 11 is 3.55. The second kappa shape index (κ2) is 7.67. The molecule has 0 N–H and O–H groups in total. The molecule has 2 nitrogen and oxygen atoms in total. The molecular weight excluding hydrogens is 348 g/mol. The minimum Gasteiger partial charge on any atom is -0.344 e. The van der Waals surface area contributed by atoms with Gasteiger partial charge in [0.25, 0.3) is 0 Å². The summed E-state index contributed by atoms with van der Waals surface area (Å²) in [4.78, 5) is 2.28. The predicted molar refractivity (Wildman–Crippen MR) is 102 cm³/mol. The Morgan fingerprint density at radius 1 is 1.04 bits per heavy atom. The fourth-order valence-corrected chi connectivity index (χ4v) is 3.87. The molecule has 0 radical (unpaired) electrons. The van der Waals surface area contributed by atoms with Crippen molar-refractivity contribution in [2.75, 3.05) is 20.6 Å². The number of halogens is 1. The van der Waals surface area contributed by atoms with E-state index in [2.05, 4.69) is 69.8 Å². The van der Waals surface area contributed by atoms with Crippen molar-refractivity contribution < 1.29 is 0 Å². The standard InChI is InChI=1S/C20H27BrN2/c1-22(2)13-6-14-23-19-8-5-3-4-7-17(19)15-20(23)16-9-11-18(21)12-10-16/h9-12,15H,3-8,13-14H2,1-2H3. The molecule has 0 unspecified atom stereocenters. The molecule has 2 aromatic rings. The number of hydrogen-bond acceptors (Lipinski definition) is 1. The Hall–Kier alpha value is -1.06. The number of aryl methyl sites for hydroxylation is 1. The molecule has 124 valence electrons. The lowest BCUT2D eigenvalue weighted by atomic mass is 10.1. The van der Waals surface area contributed by atoms with E-state index in [0.717, 1.165) is 17.6 Å². The highest BCUT2D eigenvalue weighted by Gasteiger charge is 2.18. The SMILES string of the molecule is CN(C)CCCn1c(-c2ccc(Br)cc2)cc2c1CCCCC2. The molecule has 0 atom stereocenters. The van der Waals surface area contributed by atoms with E-state index in [1.165, 1.54) is 49.8 Å². The third-order valence-corrected chi connectivity index (χ3v) is 5.31. The third-order valence-electron chi connectivity index (χ3n) is 4.78. The predicted octanol–water partition coefficient (Wildman–Crippen LogP) is 5.14. The van der Waals surface area contributed by atoms with Gasteiger partial charge < -0.3 is 9.47 Å². The van der Waals surface area contributed by atoms with Crippen LogP contribution in [0.25, 0.3) is 11.3 Å². The van der Waals surface area contributed by atoms with Gasteiger partial charge in [-0.15, -0.1) is 0 Å². The van der Waals surface area contributed by atoms with E-state index >= 15 is 0 Å². The zero-order chi connectivity index (χ0) is 16.2.